The summed E-state index contributed by atoms with van der Waals surface area (Å²) in [6.45, 7) is 3.70. The number of nitrogens with one attached hydrogen (secondary N) is 1. The Morgan fingerprint density at radius 3 is 2.94 bits per heavy atom. The van der Waals surface area contributed by atoms with Crippen molar-refractivity contribution in [2.45, 2.75) is 19.9 Å². The highest BCUT2D eigenvalue weighted by Gasteiger charge is 2.14. The molecule has 0 aromatic carbocycles. The van der Waals surface area contributed by atoms with Gasteiger partial charge in [0.1, 0.15) is 0 Å². The van der Waals surface area contributed by atoms with E-state index in [-0.39, 0.29) is 23.5 Å². The molecule has 7 heteroatoms. The number of nitrogens with zero attached hydrogens (tertiary/aromatic N) is 3. The zero-order chi connectivity index (χ0) is 12.1. The van der Waals surface area contributed by atoms with Crippen molar-refractivity contribution in [2.75, 3.05) is 5.32 Å². The quantitative estimate of drug-likeness (QED) is 0.345. The zero-order valence-corrected chi connectivity index (χ0v) is 9.04. The average molecular weight is 223 g/mol. The number of anilines is 1. The Morgan fingerprint density at radius 2 is 2.38 bits per heavy atom. The molecule has 1 heterocycles. The summed E-state index contributed by atoms with van der Waals surface area (Å²) in [4.78, 5) is 18.0. The third kappa shape index (κ3) is 3.19. The van der Waals surface area contributed by atoms with Gasteiger partial charge in [-0.2, -0.15) is 0 Å². The summed E-state index contributed by atoms with van der Waals surface area (Å²) in [6, 6.07) is 2.84. The Bertz CT molecular complexity index is 416. The number of hydrogen-bond acceptors (Lipinski definition) is 4. The lowest BCUT2D eigenvalue weighted by atomic mass is 10.4. The number of guanidine groups is 1. The molecule has 0 spiro atoms. The molecule has 7 nitrogen and oxygen atoms in total. The highest BCUT2D eigenvalue weighted by atomic mass is 16.6. The van der Waals surface area contributed by atoms with Crippen LogP contribution in [0, 0.1) is 10.1 Å². The maximum absolute atomic E-state index is 10.7. The zero-order valence-electron chi connectivity index (χ0n) is 9.04. The van der Waals surface area contributed by atoms with Gasteiger partial charge < -0.3 is 11.1 Å². The average Bonchev–Trinajstić information content (AvgIpc) is 2.16. The van der Waals surface area contributed by atoms with E-state index in [0.717, 1.165) is 0 Å². The predicted octanol–water partition coefficient (Wildman–Crippen LogP) is 1.12. The Labute approximate surface area is 92.5 Å². The fourth-order valence-corrected chi connectivity index (χ4v) is 1.07. The topological polar surface area (TPSA) is 106 Å². The van der Waals surface area contributed by atoms with Crippen LogP contribution in [0.25, 0.3) is 0 Å². The summed E-state index contributed by atoms with van der Waals surface area (Å²) in [7, 11) is 0. The van der Waals surface area contributed by atoms with Crippen LogP contribution in [0.1, 0.15) is 13.8 Å². The third-order valence-corrected chi connectivity index (χ3v) is 1.63. The van der Waals surface area contributed by atoms with E-state index in [1.165, 1.54) is 18.3 Å². The van der Waals surface area contributed by atoms with E-state index >= 15 is 0 Å². The van der Waals surface area contributed by atoms with Crippen LogP contribution in [0.4, 0.5) is 11.5 Å². The molecule has 0 aliphatic carbocycles. The molecule has 1 aromatic rings. The minimum Gasteiger partial charge on any atom is -0.370 e. The minimum atomic E-state index is -0.530. The molecule has 0 saturated carbocycles. The van der Waals surface area contributed by atoms with Gasteiger partial charge in [-0.25, -0.2) is 4.98 Å². The third-order valence-electron chi connectivity index (χ3n) is 1.63. The van der Waals surface area contributed by atoms with Crippen molar-refractivity contribution < 1.29 is 4.92 Å². The summed E-state index contributed by atoms with van der Waals surface area (Å²) >= 11 is 0. The van der Waals surface area contributed by atoms with E-state index in [0.29, 0.717) is 0 Å². The minimum absolute atomic E-state index is 0.00951. The van der Waals surface area contributed by atoms with Gasteiger partial charge in [-0.1, -0.05) is 0 Å². The van der Waals surface area contributed by atoms with E-state index < -0.39 is 4.92 Å². The van der Waals surface area contributed by atoms with Gasteiger partial charge >= 0.3 is 5.69 Å². The molecule has 0 amide bonds. The molecule has 0 fully saturated rings. The molecule has 0 unspecified atom stereocenters. The fourth-order valence-electron chi connectivity index (χ4n) is 1.07. The smallest absolute Gasteiger partial charge is 0.311 e. The van der Waals surface area contributed by atoms with Crippen molar-refractivity contribution in [1.82, 2.24) is 4.98 Å². The van der Waals surface area contributed by atoms with Crippen LogP contribution in [0.3, 0.4) is 0 Å². The molecule has 1 rings (SSSR count). The molecule has 0 aliphatic heterocycles. The van der Waals surface area contributed by atoms with Crippen molar-refractivity contribution in [2.24, 2.45) is 10.7 Å². The van der Waals surface area contributed by atoms with Crippen LogP contribution in [0.15, 0.2) is 23.3 Å². The summed E-state index contributed by atoms with van der Waals surface area (Å²) < 4.78 is 0. The monoisotopic (exact) mass is 223 g/mol. The molecule has 16 heavy (non-hydrogen) atoms. The molecule has 0 radical (unpaired) electrons. The number of pyridine rings is 1. The van der Waals surface area contributed by atoms with Gasteiger partial charge in [0, 0.05) is 18.3 Å². The van der Waals surface area contributed by atoms with Crippen molar-refractivity contribution in [3.05, 3.63) is 28.4 Å². The summed E-state index contributed by atoms with van der Waals surface area (Å²) in [5.41, 5.74) is 5.42. The second-order valence-electron chi connectivity index (χ2n) is 3.36. The molecule has 0 saturated heterocycles. The molecule has 0 atom stereocenters. The number of hydrogen-bond donors (Lipinski definition) is 2. The molecular formula is C9H13N5O2. The van der Waals surface area contributed by atoms with Crippen molar-refractivity contribution in [3.8, 4) is 0 Å². The molecule has 1 aromatic heterocycles. The van der Waals surface area contributed by atoms with Crippen LogP contribution in [0.5, 0.6) is 0 Å². The highest BCUT2D eigenvalue weighted by Crippen LogP contribution is 2.19. The lowest BCUT2D eigenvalue weighted by Crippen LogP contribution is -2.25. The van der Waals surface area contributed by atoms with Crippen molar-refractivity contribution in [1.29, 1.82) is 0 Å². The summed E-state index contributed by atoms with van der Waals surface area (Å²) in [6.07, 6.45) is 1.44. The highest BCUT2D eigenvalue weighted by molar-refractivity contribution is 5.93. The second kappa shape index (κ2) is 5.06. The number of aliphatic imine (C=N–C) groups is 1. The Balaban J connectivity index is 2.93. The normalized spacial score (nSPS) is 11.6. The summed E-state index contributed by atoms with van der Waals surface area (Å²) in [5.74, 6) is 0.200. The number of nitro groups is 1. The van der Waals surface area contributed by atoms with Crippen LogP contribution in [0.2, 0.25) is 0 Å². The van der Waals surface area contributed by atoms with Crippen LogP contribution >= 0.6 is 0 Å². The first-order chi connectivity index (χ1) is 7.50. The molecule has 0 bridgehead atoms. The molecule has 86 valence electrons. The van der Waals surface area contributed by atoms with Crippen LogP contribution < -0.4 is 11.1 Å². The van der Waals surface area contributed by atoms with E-state index in [2.05, 4.69) is 15.3 Å². The Hall–Kier alpha value is -2.18. The number of nitrogens with two attached hydrogens (primary N) is 1. The van der Waals surface area contributed by atoms with Gasteiger partial charge in [0.05, 0.1) is 4.92 Å². The first-order valence-corrected chi connectivity index (χ1v) is 4.70. The SMILES string of the molecule is CC(C)N=C(N)Nc1ncccc1[N+](=O)[O-]. The van der Waals surface area contributed by atoms with E-state index in [9.17, 15) is 10.1 Å². The van der Waals surface area contributed by atoms with Crippen LogP contribution in [-0.4, -0.2) is 21.9 Å². The lowest BCUT2D eigenvalue weighted by molar-refractivity contribution is -0.384. The Kier molecular flexibility index (Phi) is 3.76. The second-order valence-corrected chi connectivity index (χ2v) is 3.36. The number of rotatable bonds is 3. The standard InChI is InChI=1S/C9H13N5O2/c1-6(2)12-9(10)13-8-7(14(15)16)4-3-5-11-8/h3-6H,1-2H3,(H3,10,11,12,13). The maximum Gasteiger partial charge on any atom is 0.311 e. The first-order valence-electron chi connectivity index (χ1n) is 4.70. The Morgan fingerprint density at radius 1 is 1.69 bits per heavy atom. The van der Waals surface area contributed by atoms with Gasteiger partial charge in [-0.15, -0.1) is 0 Å². The van der Waals surface area contributed by atoms with Gasteiger partial charge in [0.2, 0.25) is 5.82 Å². The van der Waals surface area contributed by atoms with E-state index in [4.69, 9.17) is 5.73 Å². The lowest BCUT2D eigenvalue weighted by Gasteiger charge is -2.05. The molecular weight excluding hydrogens is 210 g/mol. The first kappa shape index (κ1) is 11.9. The van der Waals surface area contributed by atoms with Crippen molar-refractivity contribution >= 4 is 17.5 Å². The van der Waals surface area contributed by atoms with Gasteiger partial charge in [0.25, 0.3) is 0 Å². The van der Waals surface area contributed by atoms with E-state index in [1.807, 2.05) is 13.8 Å². The largest absolute Gasteiger partial charge is 0.370 e. The predicted molar refractivity (Wildman–Crippen MR) is 61.3 cm³/mol. The molecule has 0 aliphatic rings. The van der Waals surface area contributed by atoms with E-state index in [1.54, 1.807) is 0 Å². The van der Waals surface area contributed by atoms with Gasteiger partial charge in [-0.3, -0.25) is 15.1 Å². The van der Waals surface area contributed by atoms with Crippen LogP contribution in [-0.2, 0) is 0 Å². The maximum atomic E-state index is 10.7. The van der Waals surface area contributed by atoms with Gasteiger partial charge in [0.15, 0.2) is 5.96 Å². The molecule has 3 N–H and O–H groups in total. The summed E-state index contributed by atoms with van der Waals surface area (Å²) in [5, 5.41) is 13.3. The number of aromatic nitrogens is 1. The fraction of sp³-hybridized carbons (Fsp3) is 0.333. The van der Waals surface area contributed by atoms with Crippen molar-refractivity contribution in [3.63, 3.8) is 0 Å². The van der Waals surface area contributed by atoms with Gasteiger partial charge in [-0.05, 0) is 19.9 Å².